The molecular formula is C13H11ClN4O2S. The molecule has 0 atom stereocenters. The molecular weight excluding hydrogens is 312 g/mol. The summed E-state index contributed by atoms with van der Waals surface area (Å²) in [6.45, 7) is 0. The summed E-state index contributed by atoms with van der Waals surface area (Å²) in [7, 11) is 1.60. The maximum Gasteiger partial charge on any atom is 0.369 e. The second kappa shape index (κ2) is 6.19. The summed E-state index contributed by atoms with van der Waals surface area (Å²) in [5.74, 6) is 1.46. The van der Waals surface area contributed by atoms with E-state index in [1.54, 1.807) is 18.9 Å². The number of fused-ring (bicyclic) bond motifs is 1. The van der Waals surface area contributed by atoms with Crippen LogP contribution in [0.4, 0.5) is 4.79 Å². The van der Waals surface area contributed by atoms with Gasteiger partial charge < -0.3 is 4.74 Å². The average Bonchev–Trinajstić information content (AvgIpc) is 2.89. The summed E-state index contributed by atoms with van der Waals surface area (Å²) < 4.78 is 5.37. The van der Waals surface area contributed by atoms with Gasteiger partial charge in [0, 0.05) is 4.90 Å². The van der Waals surface area contributed by atoms with Gasteiger partial charge in [0.05, 0.1) is 18.9 Å². The molecule has 108 valence electrons. The van der Waals surface area contributed by atoms with Crippen LogP contribution in [0.3, 0.4) is 0 Å². The summed E-state index contributed by atoms with van der Waals surface area (Å²) in [5, 5.41) is 0. The minimum atomic E-state index is -0.561. The third kappa shape index (κ3) is 2.88. The number of amidine groups is 2. The largest absolute Gasteiger partial charge is 0.496 e. The number of amides is 2. The zero-order valence-corrected chi connectivity index (χ0v) is 12.9. The number of hydrogen-bond donors (Lipinski definition) is 0. The highest BCUT2D eigenvalue weighted by Crippen LogP contribution is 2.27. The van der Waals surface area contributed by atoms with Crippen molar-refractivity contribution in [1.82, 2.24) is 0 Å². The number of urea groups is 1. The fraction of sp³-hybridized carbons (Fsp3) is 0.154. The van der Waals surface area contributed by atoms with Crippen molar-refractivity contribution < 1.29 is 9.53 Å². The minimum Gasteiger partial charge on any atom is -0.496 e. The molecule has 0 spiro atoms. The molecule has 2 amide bonds. The van der Waals surface area contributed by atoms with Crippen LogP contribution in [0.15, 0.2) is 43.1 Å². The number of carbonyl (C=O) groups is 1. The first-order chi connectivity index (χ1) is 9.71. The van der Waals surface area contributed by atoms with Crippen molar-refractivity contribution in [3.8, 4) is 5.75 Å². The Morgan fingerprint density at radius 3 is 2.67 bits per heavy atom. The molecule has 1 aromatic carbocycles. The molecule has 0 N–H and O–H groups in total. The van der Waals surface area contributed by atoms with Gasteiger partial charge in [-0.1, -0.05) is 0 Å². The molecule has 2 heterocycles. The summed E-state index contributed by atoms with van der Waals surface area (Å²) in [5.41, 5.74) is 1.26. The van der Waals surface area contributed by atoms with Crippen molar-refractivity contribution in [2.75, 3.05) is 13.4 Å². The molecule has 0 aliphatic carbocycles. The fourth-order valence-electron chi connectivity index (χ4n) is 1.86. The lowest BCUT2D eigenvalue weighted by Crippen LogP contribution is -2.16. The third-order valence-corrected chi connectivity index (χ3v) is 3.54. The van der Waals surface area contributed by atoms with Crippen LogP contribution in [0.2, 0.25) is 0 Å². The van der Waals surface area contributed by atoms with E-state index < -0.39 is 6.03 Å². The van der Waals surface area contributed by atoms with Crippen molar-refractivity contribution in [2.24, 2.45) is 20.0 Å². The van der Waals surface area contributed by atoms with Crippen LogP contribution in [-0.2, 0) is 0 Å². The summed E-state index contributed by atoms with van der Waals surface area (Å²) in [6, 6.07) is 5.22. The van der Waals surface area contributed by atoms with E-state index >= 15 is 0 Å². The molecule has 0 saturated heterocycles. The normalized spacial score (nSPS) is 15.7. The van der Waals surface area contributed by atoms with E-state index in [4.69, 9.17) is 4.74 Å². The molecule has 2 aliphatic rings. The van der Waals surface area contributed by atoms with E-state index in [0.717, 1.165) is 10.5 Å². The van der Waals surface area contributed by atoms with E-state index in [9.17, 15) is 4.79 Å². The Labute approximate surface area is 131 Å². The van der Waals surface area contributed by atoms with Gasteiger partial charge in [-0.05, 0) is 24.5 Å². The number of hydrogen-bond acceptors (Lipinski definition) is 5. The maximum atomic E-state index is 11.1. The number of halogens is 1. The SMILES string of the molecule is COc1cc(SC)ccc1C1=NC2=NC(=O)N=CC2=N1.Cl. The van der Waals surface area contributed by atoms with Crippen molar-refractivity contribution in [2.45, 2.75) is 4.90 Å². The molecule has 0 unspecified atom stereocenters. The Morgan fingerprint density at radius 2 is 1.95 bits per heavy atom. The highest BCUT2D eigenvalue weighted by molar-refractivity contribution is 7.98. The lowest BCUT2D eigenvalue weighted by Gasteiger charge is -2.07. The smallest absolute Gasteiger partial charge is 0.369 e. The second-order valence-electron chi connectivity index (χ2n) is 3.97. The second-order valence-corrected chi connectivity index (χ2v) is 4.85. The number of carbonyl (C=O) groups excluding carboxylic acids is 1. The van der Waals surface area contributed by atoms with Crippen LogP contribution in [0.1, 0.15) is 5.56 Å². The van der Waals surface area contributed by atoms with Crippen LogP contribution in [0.25, 0.3) is 0 Å². The molecule has 0 bridgehead atoms. The lowest BCUT2D eigenvalue weighted by molar-refractivity contribution is 0.257. The Kier molecular flexibility index (Phi) is 4.54. The van der Waals surface area contributed by atoms with Gasteiger partial charge in [0.2, 0.25) is 0 Å². The number of nitrogens with zero attached hydrogens (tertiary/aromatic N) is 4. The zero-order valence-electron chi connectivity index (χ0n) is 11.2. The number of aliphatic imine (C=N–C) groups is 4. The number of thioether (sulfide) groups is 1. The van der Waals surface area contributed by atoms with Gasteiger partial charge in [0.15, 0.2) is 11.7 Å². The highest BCUT2D eigenvalue weighted by Gasteiger charge is 2.23. The molecule has 0 radical (unpaired) electrons. The zero-order chi connectivity index (χ0) is 14.1. The van der Waals surface area contributed by atoms with E-state index in [0.29, 0.717) is 23.1 Å². The number of ether oxygens (including phenoxy) is 1. The topological polar surface area (TPSA) is 75.7 Å². The quantitative estimate of drug-likeness (QED) is 0.803. The maximum absolute atomic E-state index is 11.1. The number of methoxy groups -OCH3 is 1. The van der Waals surface area contributed by atoms with Crippen molar-refractivity contribution >= 4 is 53.8 Å². The molecule has 2 aliphatic heterocycles. The predicted octanol–water partition coefficient (Wildman–Crippen LogP) is 2.64. The van der Waals surface area contributed by atoms with Gasteiger partial charge >= 0.3 is 6.03 Å². The Morgan fingerprint density at radius 1 is 1.14 bits per heavy atom. The molecule has 0 saturated carbocycles. The Bertz CT molecular complexity index is 725. The van der Waals surface area contributed by atoms with Gasteiger partial charge in [0.25, 0.3) is 0 Å². The molecule has 8 heteroatoms. The summed E-state index contributed by atoms with van der Waals surface area (Å²) >= 11 is 1.62. The van der Waals surface area contributed by atoms with Gasteiger partial charge in [-0.2, -0.15) is 9.98 Å². The van der Waals surface area contributed by atoms with Crippen LogP contribution in [0, 0.1) is 0 Å². The summed E-state index contributed by atoms with van der Waals surface area (Å²) in [4.78, 5) is 28.1. The standard InChI is InChI=1S/C13H10N4O2S.ClH/c1-19-10-5-7(20-2)3-4-8(10)11-15-9-6-14-13(18)17-12(9)16-11;/h3-6H,1-2H3;1H. The molecule has 3 rings (SSSR count). The van der Waals surface area contributed by atoms with Gasteiger partial charge in [-0.15, -0.1) is 24.2 Å². The Hall–Kier alpha value is -1.99. The van der Waals surface area contributed by atoms with Crippen LogP contribution < -0.4 is 4.74 Å². The minimum absolute atomic E-state index is 0. The van der Waals surface area contributed by atoms with Gasteiger partial charge in [0.1, 0.15) is 11.5 Å². The monoisotopic (exact) mass is 322 g/mol. The van der Waals surface area contributed by atoms with E-state index in [2.05, 4.69) is 20.0 Å². The van der Waals surface area contributed by atoms with E-state index in [1.807, 2.05) is 24.5 Å². The van der Waals surface area contributed by atoms with E-state index in [-0.39, 0.29) is 12.4 Å². The first-order valence-corrected chi connectivity index (χ1v) is 7.00. The van der Waals surface area contributed by atoms with Crippen molar-refractivity contribution in [3.63, 3.8) is 0 Å². The third-order valence-electron chi connectivity index (χ3n) is 2.82. The fourth-order valence-corrected chi connectivity index (χ4v) is 2.28. The van der Waals surface area contributed by atoms with Gasteiger partial charge in [-0.3, -0.25) is 0 Å². The predicted molar refractivity (Wildman–Crippen MR) is 87.3 cm³/mol. The molecule has 0 aromatic heterocycles. The molecule has 1 aromatic rings. The van der Waals surface area contributed by atoms with Gasteiger partial charge in [-0.25, -0.2) is 14.8 Å². The first-order valence-electron chi connectivity index (χ1n) is 5.78. The van der Waals surface area contributed by atoms with Crippen LogP contribution >= 0.6 is 24.2 Å². The van der Waals surface area contributed by atoms with E-state index in [1.165, 1.54) is 6.21 Å². The van der Waals surface area contributed by atoms with Crippen LogP contribution in [-0.4, -0.2) is 43.0 Å². The Balaban J connectivity index is 0.00000161. The van der Waals surface area contributed by atoms with Crippen molar-refractivity contribution in [3.05, 3.63) is 23.8 Å². The molecule has 0 fully saturated rings. The average molecular weight is 323 g/mol. The number of benzene rings is 1. The highest BCUT2D eigenvalue weighted by atomic mass is 35.5. The van der Waals surface area contributed by atoms with Crippen molar-refractivity contribution in [1.29, 1.82) is 0 Å². The summed E-state index contributed by atoms with van der Waals surface area (Å²) in [6.07, 6.45) is 3.37. The lowest BCUT2D eigenvalue weighted by atomic mass is 10.2. The van der Waals surface area contributed by atoms with Crippen LogP contribution in [0.5, 0.6) is 5.75 Å². The number of rotatable bonds is 3. The molecule has 21 heavy (non-hydrogen) atoms. The molecule has 6 nitrogen and oxygen atoms in total. The first kappa shape index (κ1) is 15.4.